The highest BCUT2D eigenvalue weighted by atomic mass is 16.5. The maximum Gasteiger partial charge on any atom is 0.139 e. The van der Waals surface area contributed by atoms with E-state index in [0.29, 0.717) is 11.7 Å². The molecular formula is C15H21NO2. The van der Waals surface area contributed by atoms with Crippen LogP contribution in [0.4, 0.5) is 0 Å². The lowest BCUT2D eigenvalue weighted by molar-refractivity contribution is -0.207. The van der Waals surface area contributed by atoms with Crippen molar-refractivity contribution in [2.45, 2.75) is 57.7 Å². The van der Waals surface area contributed by atoms with Crippen LogP contribution in [0.3, 0.4) is 0 Å². The Morgan fingerprint density at radius 3 is 2.28 bits per heavy atom. The van der Waals surface area contributed by atoms with E-state index in [1.54, 1.807) is 0 Å². The number of carbonyl (C=O) groups excluding carboxylic acids is 1. The molecule has 2 saturated heterocycles. The molecule has 0 N–H and O–H groups in total. The molecule has 3 heteroatoms. The third kappa shape index (κ3) is 1.97. The molecule has 0 aromatic carbocycles. The van der Waals surface area contributed by atoms with Crippen LogP contribution in [0, 0.1) is 35.0 Å². The van der Waals surface area contributed by atoms with Crippen LogP contribution in [0.5, 0.6) is 0 Å². The van der Waals surface area contributed by atoms with Crippen molar-refractivity contribution in [3.05, 3.63) is 0 Å². The van der Waals surface area contributed by atoms with E-state index in [1.165, 1.54) is 12.8 Å². The summed E-state index contributed by atoms with van der Waals surface area (Å²) < 4.78 is 5.59. The van der Waals surface area contributed by atoms with Crippen molar-refractivity contribution in [1.82, 2.24) is 0 Å². The molecule has 2 atom stereocenters. The average Bonchev–Trinajstić information content (AvgIpc) is 2.39. The topological polar surface area (TPSA) is 50.1 Å². The standard InChI is InChI=1S/C15H21NO2/c1-9-2-4-10(5-3-9)15(17)11-6-13-12(8-16)14(7-11)18-13/h9-14H,2-7H2,1H3. The van der Waals surface area contributed by atoms with E-state index in [2.05, 4.69) is 13.0 Å². The molecule has 98 valence electrons. The van der Waals surface area contributed by atoms with Gasteiger partial charge in [0.05, 0.1) is 24.2 Å². The average molecular weight is 247 g/mol. The van der Waals surface area contributed by atoms with E-state index < -0.39 is 0 Å². The van der Waals surface area contributed by atoms with Gasteiger partial charge in [-0.1, -0.05) is 19.8 Å². The van der Waals surface area contributed by atoms with E-state index in [1.807, 2.05) is 0 Å². The van der Waals surface area contributed by atoms with Crippen LogP contribution in [0.2, 0.25) is 0 Å². The van der Waals surface area contributed by atoms with Crippen molar-refractivity contribution >= 4 is 5.78 Å². The van der Waals surface area contributed by atoms with Crippen LogP contribution in [-0.4, -0.2) is 18.0 Å². The van der Waals surface area contributed by atoms with E-state index in [-0.39, 0.29) is 24.0 Å². The summed E-state index contributed by atoms with van der Waals surface area (Å²) in [5.41, 5.74) is 0. The highest BCUT2D eigenvalue weighted by Crippen LogP contribution is 2.44. The monoisotopic (exact) mass is 247 g/mol. The summed E-state index contributed by atoms with van der Waals surface area (Å²) in [5.74, 6) is 1.79. The second kappa shape index (κ2) is 4.66. The molecule has 2 saturated carbocycles. The van der Waals surface area contributed by atoms with E-state index >= 15 is 0 Å². The molecule has 2 heterocycles. The first kappa shape index (κ1) is 12.2. The molecule has 18 heavy (non-hydrogen) atoms. The molecule has 2 unspecified atom stereocenters. The number of Topliss-reactive ketones (excluding diaryl/α,β-unsaturated/α-hetero) is 1. The molecule has 4 fully saturated rings. The number of hydrogen-bond acceptors (Lipinski definition) is 3. The Hall–Kier alpha value is -0.880. The molecular weight excluding hydrogens is 226 g/mol. The predicted octanol–water partition coefficient (Wildman–Crippen LogP) is 2.70. The Kier molecular flexibility index (Phi) is 3.15. The minimum Gasteiger partial charge on any atom is -0.372 e. The smallest absolute Gasteiger partial charge is 0.139 e. The summed E-state index contributed by atoms with van der Waals surface area (Å²) in [6, 6.07) is 2.31. The Labute approximate surface area is 108 Å². The maximum atomic E-state index is 12.5. The van der Waals surface area contributed by atoms with Crippen molar-refractivity contribution in [3.8, 4) is 6.07 Å². The highest BCUT2D eigenvalue weighted by Gasteiger charge is 2.51. The molecule has 3 nitrogen and oxygen atoms in total. The molecule has 0 amide bonds. The molecule has 0 aromatic heterocycles. The van der Waals surface area contributed by atoms with Crippen LogP contribution >= 0.6 is 0 Å². The molecule has 4 rings (SSSR count). The van der Waals surface area contributed by atoms with Gasteiger partial charge in [-0.05, 0) is 31.6 Å². The number of nitriles is 1. The van der Waals surface area contributed by atoms with Crippen molar-refractivity contribution in [2.24, 2.45) is 23.7 Å². The molecule has 2 aliphatic carbocycles. The molecule has 2 bridgehead atoms. The lowest BCUT2D eigenvalue weighted by atomic mass is 9.68. The molecule has 0 radical (unpaired) electrons. The highest BCUT2D eigenvalue weighted by molar-refractivity contribution is 5.83. The summed E-state index contributed by atoms with van der Waals surface area (Å²) in [6.07, 6.45) is 6.23. The minimum absolute atomic E-state index is 0.0465. The second-order valence-electron chi connectivity index (χ2n) is 6.40. The van der Waals surface area contributed by atoms with Gasteiger partial charge in [-0.15, -0.1) is 0 Å². The van der Waals surface area contributed by atoms with E-state index in [9.17, 15) is 4.79 Å². The van der Waals surface area contributed by atoms with Gasteiger partial charge in [0.15, 0.2) is 0 Å². The number of ether oxygens (including phenoxy) is 1. The normalized spacial score (nSPS) is 46.9. The third-order valence-electron chi connectivity index (χ3n) is 5.15. The number of ketones is 1. The van der Waals surface area contributed by atoms with Crippen molar-refractivity contribution in [3.63, 3.8) is 0 Å². The van der Waals surface area contributed by atoms with Gasteiger partial charge in [-0.3, -0.25) is 4.79 Å². The Bertz CT molecular complexity index is 366. The number of rotatable bonds is 2. The Morgan fingerprint density at radius 1 is 1.11 bits per heavy atom. The van der Waals surface area contributed by atoms with Gasteiger partial charge >= 0.3 is 0 Å². The quantitative estimate of drug-likeness (QED) is 0.753. The first-order chi connectivity index (χ1) is 8.69. The summed E-state index contributed by atoms with van der Waals surface area (Å²) in [5, 5.41) is 8.98. The summed E-state index contributed by atoms with van der Waals surface area (Å²) >= 11 is 0. The largest absolute Gasteiger partial charge is 0.372 e. The number of fused-ring (bicyclic) bond motifs is 2. The van der Waals surface area contributed by atoms with Crippen LogP contribution in [-0.2, 0) is 9.53 Å². The van der Waals surface area contributed by atoms with Gasteiger partial charge in [0.2, 0.25) is 0 Å². The summed E-state index contributed by atoms with van der Waals surface area (Å²) in [7, 11) is 0. The third-order valence-corrected chi connectivity index (χ3v) is 5.15. The molecule has 4 aliphatic rings. The molecule has 2 aliphatic heterocycles. The predicted molar refractivity (Wildman–Crippen MR) is 66.6 cm³/mol. The number of hydrogen-bond donors (Lipinski definition) is 0. The van der Waals surface area contributed by atoms with Crippen LogP contribution in [0.25, 0.3) is 0 Å². The fourth-order valence-corrected chi connectivity index (χ4v) is 3.88. The van der Waals surface area contributed by atoms with E-state index in [0.717, 1.165) is 31.6 Å². The lowest BCUT2D eigenvalue weighted by Crippen LogP contribution is -2.55. The van der Waals surface area contributed by atoms with Crippen molar-refractivity contribution in [2.75, 3.05) is 0 Å². The second-order valence-corrected chi connectivity index (χ2v) is 6.40. The first-order valence-corrected chi connectivity index (χ1v) is 7.28. The minimum atomic E-state index is 0.0465. The zero-order valence-corrected chi connectivity index (χ0v) is 11.0. The molecule has 0 aromatic rings. The van der Waals surface area contributed by atoms with Gasteiger partial charge in [0.1, 0.15) is 5.78 Å². The number of nitrogens with zero attached hydrogens (tertiary/aromatic N) is 1. The molecule has 0 spiro atoms. The summed E-state index contributed by atoms with van der Waals surface area (Å²) in [4.78, 5) is 12.5. The van der Waals surface area contributed by atoms with Gasteiger partial charge in [0, 0.05) is 11.8 Å². The number of carbonyl (C=O) groups is 1. The summed E-state index contributed by atoms with van der Waals surface area (Å²) in [6.45, 7) is 2.28. The van der Waals surface area contributed by atoms with Crippen LogP contribution in [0.1, 0.15) is 45.4 Å². The van der Waals surface area contributed by atoms with E-state index in [4.69, 9.17) is 10.00 Å². The maximum absolute atomic E-state index is 12.5. The van der Waals surface area contributed by atoms with Crippen LogP contribution in [0.15, 0.2) is 0 Å². The van der Waals surface area contributed by atoms with Crippen LogP contribution < -0.4 is 0 Å². The fourth-order valence-electron chi connectivity index (χ4n) is 3.88. The van der Waals surface area contributed by atoms with Gasteiger partial charge in [0.25, 0.3) is 0 Å². The van der Waals surface area contributed by atoms with Gasteiger partial charge < -0.3 is 4.74 Å². The van der Waals surface area contributed by atoms with Gasteiger partial charge in [-0.25, -0.2) is 0 Å². The Morgan fingerprint density at radius 2 is 1.72 bits per heavy atom. The fraction of sp³-hybridized carbons (Fsp3) is 0.867. The Balaban J connectivity index is 1.57. The zero-order valence-electron chi connectivity index (χ0n) is 11.0. The van der Waals surface area contributed by atoms with Crippen molar-refractivity contribution in [1.29, 1.82) is 5.26 Å². The SMILES string of the molecule is CC1CCC(C(=O)C2CC3OC(C2)C3C#N)CC1. The zero-order chi connectivity index (χ0) is 12.7. The van der Waals surface area contributed by atoms with Gasteiger partial charge in [-0.2, -0.15) is 5.26 Å². The van der Waals surface area contributed by atoms with Crippen molar-refractivity contribution < 1.29 is 9.53 Å². The first-order valence-electron chi connectivity index (χ1n) is 7.28. The lowest BCUT2D eigenvalue weighted by Gasteiger charge is -2.49.